The lowest BCUT2D eigenvalue weighted by molar-refractivity contribution is -0.162. The predicted molar refractivity (Wildman–Crippen MR) is 91.0 cm³/mol. The van der Waals surface area contributed by atoms with E-state index in [0.717, 1.165) is 11.1 Å². The molecule has 0 unspecified atom stereocenters. The molecule has 2 aliphatic heterocycles. The van der Waals surface area contributed by atoms with Crippen LogP contribution in [0, 0.1) is 0 Å². The van der Waals surface area contributed by atoms with Crippen LogP contribution >= 0.6 is 0 Å². The molecule has 0 radical (unpaired) electrons. The molecule has 2 aromatic rings. The Kier molecular flexibility index (Phi) is 3.92. The highest BCUT2D eigenvalue weighted by atomic mass is 16.5. The van der Waals surface area contributed by atoms with Gasteiger partial charge in [0, 0.05) is 30.3 Å². The van der Waals surface area contributed by atoms with E-state index in [1.54, 1.807) is 6.08 Å². The molecule has 2 aliphatic rings. The van der Waals surface area contributed by atoms with E-state index in [-0.39, 0.29) is 5.78 Å². The van der Waals surface area contributed by atoms with Gasteiger partial charge < -0.3 is 9.47 Å². The molecular weight excluding hydrogens is 302 g/mol. The third kappa shape index (κ3) is 2.44. The van der Waals surface area contributed by atoms with E-state index in [2.05, 4.69) is 4.90 Å². The summed E-state index contributed by atoms with van der Waals surface area (Å²) in [5, 5.41) is 0. The van der Waals surface area contributed by atoms with E-state index in [1.165, 1.54) is 0 Å². The van der Waals surface area contributed by atoms with Crippen molar-refractivity contribution in [3.8, 4) is 0 Å². The lowest BCUT2D eigenvalue weighted by atomic mass is 9.96. The molecule has 4 rings (SSSR count). The Bertz CT molecular complexity index is 751. The maximum absolute atomic E-state index is 13.1. The van der Waals surface area contributed by atoms with Gasteiger partial charge in [0.05, 0.1) is 13.2 Å². The van der Waals surface area contributed by atoms with Gasteiger partial charge in [-0.2, -0.15) is 0 Å². The van der Waals surface area contributed by atoms with Crippen molar-refractivity contribution in [1.29, 1.82) is 0 Å². The first-order valence-corrected chi connectivity index (χ1v) is 8.19. The fraction of sp³-hybridized carbons (Fsp3) is 0.250. The Hall–Kier alpha value is -2.43. The van der Waals surface area contributed by atoms with Crippen molar-refractivity contribution in [3.63, 3.8) is 0 Å². The summed E-state index contributed by atoms with van der Waals surface area (Å²) in [5.41, 5.74) is 0.687. The summed E-state index contributed by atoms with van der Waals surface area (Å²) in [6.07, 6.45) is 1.62. The Balaban J connectivity index is 1.76. The van der Waals surface area contributed by atoms with Crippen molar-refractivity contribution < 1.29 is 14.3 Å². The molecular formula is C20H19NO3. The summed E-state index contributed by atoms with van der Waals surface area (Å²) in [4.78, 5) is 15.2. The second kappa shape index (κ2) is 6.23. The fourth-order valence-electron chi connectivity index (χ4n) is 3.35. The molecule has 0 aromatic heterocycles. The zero-order chi connectivity index (χ0) is 16.4. The molecule has 2 aromatic carbocycles. The fourth-order valence-corrected chi connectivity index (χ4v) is 3.35. The van der Waals surface area contributed by atoms with E-state index in [4.69, 9.17) is 9.47 Å². The van der Waals surface area contributed by atoms with E-state index in [0.29, 0.717) is 32.1 Å². The normalized spacial score (nSPS) is 24.5. The maximum atomic E-state index is 13.1. The molecule has 1 fully saturated rings. The van der Waals surface area contributed by atoms with Gasteiger partial charge in [0.1, 0.15) is 5.76 Å². The van der Waals surface area contributed by atoms with Crippen LogP contribution in [0.4, 0.5) is 0 Å². The summed E-state index contributed by atoms with van der Waals surface area (Å²) in [6, 6.07) is 19.5. The van der Waals surface area contributed by atoms with Crippen LogP contribution in [0.2, 0.25) is 0 Å². The van der Waals surface area contributed by atoms with Gasteiger partial charge >= 0.3 is 0 Å². The summed E-state index contributed by atoms with van der Waals surface area (Å²) < 4.78 is 11.8. The molecule has 0 N–H and O–H groups in total. The van der Waals surface area contributed by atoms with Crippen molar-refractivity contribution in [2.24, 2.45) is 0 Å². The zero-order valence-corrected chi connectivity index (χ0v) is 13.4. The van der Waals surface area contributed by atoms with E-state index in [1.807, 2.05) is 60.7 Å². The number of benzene rings is 2. The van der Waals surface area contributed by atoms with E-state index >= 15 is 0 Å². The second-order valence-electron chi connectivity index (χ2n) is 5.95. The summed E-state index contributed by atoms with van der Waals surface area (Å²) in [7, 11) is 0. The smallest absolute Gasteiger partial charge is 0.253 e. The Morgan fingerprint density at radius 1 is 0.875 bits per heavy atom. The van der Waals surface area contributed by atoms with Gasteiger partial charge in [-0.15, -0.1) is 0 Å². The van der Waals surface area contributed by atoms with Crippen LogP contribution < -0.4 is 0 Å². The second-order valence-corrected chi connectivity index (χ2v) is 5.95. The van der Waals surface area contributed by atoms with Gasteiger partial charge in [-0.3, -0.25) is 9.69 Å². The molecule has 1 saturated heterocycles. The summed E-state index contributed by atoms with van der Waals surface area (Å²) >= 11 is 0. The number of hydrogen-bond donors (Lipinski definition) is 0. The number of ketones is 1. The standard InChI is InChI=1S/C20H19NO3/c22-19-15-18(16-7-3-1-4-8-16)24-20(19,17-9-5-2-6-10-17)21-11-13-23-14-12-21/h1-10,15H,11-14H2/t20-/m1/s1. The number of ether oxygens (including phenoxy) is 2. The highest BCUT2D eigenvalue weighted by Crippen LogP contribution is 2.41. The SMILES string of the molecule is O=C1C=C(c2ccccc2)O[C@@]1(c1ccccc1)N1CCOCC1. The third-order valence-corrected chi connectivity index (χ3v) is 4.53. The molecule has 2 heterocycles. The average molecular weight is 321 g/mol. The molecule has 0 amide bonds. The van der Waals surface area contributed by atoms with Gasteiger partial charge in [0.15, 0.2) is 0 Å². The van der Waals surface area contributed by atoms with E-state index in [9.17, 15) is 4.79 Å². The highest BCUT2D eigenvalue weighted by molar-refractivity contribution is 6.05. The number of carbonyl (C=O) groups excluding carboxylic acids is 1. The minimum absolute atomic E-state index is 0.0329. The Labute approximate surface area is 141 Å². The van der Waals surface area contributed by atoms with Crippen molar-refractivity contribution in [3.05, 3.63) is 77.9 Å². The van der Waals surface area contributed by atoms with Crippen molar-refractivity contribution in [2.75, 3.05) is 26.3 Å². The number of rotatable bonds is 3. The van der Waals surface area contributed by atoms with Gasteiger partial charge in [-0.25, -0.2) is 0 Å². The number of morpholine rings is 1. The molecule has 0 bridgehead atoms. The van der Waals surface area contributed by atoms with Crippen molar-refractivity contribution in [2.45, 2.75) is 5.72 Å². The molecule has 1 atom stereocenters. The number of nitrogens with zero attached hydrogens (tertiary/aromatic N) is 1. The number of hydrogen-bond acceptors (Lipinski definition) is 4. The van der Waals surface area contributed by atoms with Crippen LogP contribution in [-0.4, -0.2) is 37.0 Å². The first-order chi connectivity index (χ1) is 11.8. The van der Waals surface area contributed by atoms with Crippen molar-refractivity contribution >= 4 is 11.5 Å². The van der Waals surface area contributed by atoms with Gasteiger partial charge in [0.25, 0.3) is 5.72 Å². The van der Waals surface area contributed by atoms with Gasteiger partial charge in [-0.1, -0.05) is 60.7 Å². The van der Waals surface area contributed by atoms with Crippen LogP contribution in [0.1, 0.15) is 11.1 Å². The largest absolute Gasteiger partial charge is 0.460 e. The highest BCUT2D eigenvalue weighted by Gasteiger charge is 2.51. The molecule has 4 nitrogen and oxygen atoms in total. The van der Waals surface area contributed by atoms with Crippen LogP contribution in [0.25, 0.3) is 5.76 Å². The molecule has 122 valence electrons. The molecule has 0 saturated carbocycles. The first kappa shape index (κ1) is 15.1. The minimum Gasteiger partial charge on any atom is -0.460 e. The predicted octanol–water partition coefficient (Wildman–Crippen LogP) is 2.81. The minimum atomic E-state index is -1.09. The zero-order valence-electron chi connectivity index (χ0n) is 13.4. The monoisotopic (exact) mass is 321 g/mol. The molecule has 24 heavy (non-hydrogen) atoms. The average Bonchev–Trinajstić information content (AvgIpc) is 3.02. The first-order valence-electron chi connectivity index (χ1n) is 8.19. The van der Waals surface area contributed by atoms with Gasteiger partial charge in [-0.05, 0) is 0 Å². The van der Waals surface area contributed by atoms with Crippen LogP contribution in [0.15, 0.2) is 66.7 Å². The number of carbonyl (C=O) groups is 1. The molecule has 4 heteroatoms. The van der Waals surface area contributed by atoms with Gasteiger partial charge in [0.2, 0.25) is 5.78 Å². The van der Waals surface area contributed by atoms with Crippen molar-refractivity contribution in [1.82, 2.24) is 4.90 Å². The van der Waals surface area contributed by atoms with E-state index < -0.39 is 5.72 Å². The molecule has 0 spiro atoms. The Morgan fingerprint density at radius 2 is 1.50 bits per heavy atom. The quantitative estimate of drug-likeness (QED) is 0.871. The summed E-state index contributed by atoms with van der Waals surface area (Å²) in [5.74, 6) is 0.588. The van der Waals surface area contributed by atoms with Crippen LogP contribution in [0.5, 0.6) is 0 Å². The van der Waals surface area contributed by atoms with Crippen LogP contribution in [-0.2, 0) is 20.0 Å². The third-order valence-electron chi connectivity index (χ3n) is 4.53. The topological polar surface area (TPSA) is 38.8 Å². The maximum Gasteiger partial charge on any atom is 0.253 e. The molecule has 0 aliphatic carbocycles. The van der Waals surface area contributed by atoms with Crippen LogP contribution in [0.3, 0.4) is 0 Å². The summed E-state index contributed by atoms with van der Waals surface area (Å²) in [6.45, 7) is 2.53. The lowest BCUT2D eigenvalue weighted by Gasteiger charge is -2.41. The Morgan fingerprint density at radius 3 is 2.17 bits per heavy atom. The lowest BCUT2D eigenvalue weighted by Crippen LogP contribution is -2.55.